The molecule has 0 unspecified atom stereocenters. The van der Waals surface area contributed by atoms with E-state index in [0.717, 1.165) is 17.3 Å². The van der Waals surface area contributed by atoms with E-state index in [4.69, 9.17) is 5.11 Å². The van der Waals surface area contributed by atoms with Crippen LogP contribution >= 0.6 is 0 Å². The molecule has 4 nitrogen and oxygen atoms in total. The predicted octanol–water partition coefficient (Wildman–Crippen LogP) is 3.35. The van der Waals surface area contributed by atoms with Crippen LogP contribution in [0.2, 0.25) is 0 Å². The van der Waals surface area contributed by atoms with Crippen molar-refractivity contribution in [2.75, 3.05) is 5.32 Å². The Morgan fingerprint density at radius 3 is 2.57 bits per heavy atom. The lowest BCUT2D eigenvalue weighted by molar-refractivity contribution is -0.131. The van der Waals surface area contributed by atoms with Gasteiger partial charge in [0.25, 0.3) is 5.91 Å². The Balaban J connectivity index is 2.16. The summed E-state index contributed by atoms with van der Waals surface area (Å²) in [6.45, 7) is 1.95. The zero-order valence-corrected chi connectivity index (χ0v) is 11.5. The van der Waals surface area contributed by atoms with Gasteiger partial charge in [-0.1, -0.05) is 24.3 Å². The van der Waals surface area contributed by atoms with Gasteiger partial charge in [0.05, 0.1) is 0 Å². The van der Waals surface area contributed by atoms with E-state index in [1.165, 1.54) is 6.08 Å². The molecule has 0 atom stereocenters. The number of aryl methyl sites for hydroxylation is 1. The summed E-state index contributed by atoms with van der Waals surface area (Å²) in [4.78, 5) is 22.7. The molecule has 0 fully saturated rings. The van der Waals surface area contributed by atoms with Crippen molar-refractivity contribution in [3.05, 3.63) is 71.3 Å². The standard InChI is InChI=1S/C17H15NO3/c1-12-4-2-7-15(10-12)18-17(21)14-6-3-5-13(11-14)8-9-16(19)20/h2-11H,1H3,(H,18,21)(H,19,20)/b9-8+. The highest BCUT2D eigenvalue weighted by molar-refractivity contribution is 6.04. The Hall–Kier alpha value is -2.88. The third kappa shape index (κ3) is 4.31. The molecule has 0 aliphatic carbocycles. The molecule has 2 rings (SSSR count). The smallest absolute Gasteiger partial charge is 0.328 e. The molecule has 4 heteroatoms. The van der Waals surface area contributed by atoms with Gasteiger partial charge in [-0.3, -0.25) is 4.79 Å². The fraction of sp³-hybridized carbons (Fsp3) is 0.0588. The number of carbonyl (C=O) groups is 2. The number of carboxylic acid groups (broad SMARTS) is 1. The number of hydrogen-bond acceptors (Lipinski definition) is 2. The molecule has 2 N–H and O–H groups in total. The number of carboxylic acids is 1. The predicted molar refractivity (Wildman–Crippen MR) is 82.2 cm³/mol. The van der Waals surface area contributed by atoms with Gasteiger partial charge in [-0.25, -0.2) is 4.79 Å². The van der Waals surface area contributed by atoms with E-state index in [0.29, 0.717) is 11.1 Å². The highest BCUT2D eigenvalue weighted by atomic mass is 16.4. The Morgan fingerprint density at radius 1 is 1.10 bits per heavy atom. The molecule has 0 saturated heterocycles. The second-order valence-electron chi connectivity index (χ2n) is 4.62. The van der Waals surface area contributed by atoms with E-state index in [-0.39, 0.29) is 5.91 Å². The second kappa shape index (κ2) is 6.52. The maximum absolute atomic E-state index is 12.2. The van der Waals surface area contributed by atoms with Crippen LogP contribution in [0.4, 0.5) is 5.69 Å². The summed E-state index contributed by atoms with van der Waals surface area (Å²) in [5.41, 5.74) is 2.93. The van der Waals surface area contributed by atoms with Crippen molar-refractivity contribution in [1.29, 1.82) is 0 Å². The molecule has 0 radical (unpaired) electrons. The van der Waals surface area contributed by atoms with E-state index in [1.807, 2.05) is 31.2 Å². The number of nitrogens with one attached hydrogen (secondary N) is 1. The molecular formula is C17H15NO3. The Morgan fingerprint density at radius 2 is 1.86 bits per heavy atom. The van der Waals surface area contributed by atoms with Crippen LogP contribution in [0.3, 0.4) is 0 Å². The van der Waals surface area contributed by atoms with E-state index >= 15 is 0 Å². The topological polar surface area (TPSA) is 66.4 Å². The fourth-order valence-corrected chi connectivity index (χ4v) is 1.88. The van der Waals surface area contributed by atoms with Crippen molar-refractivity contribution < 1.29 is 14.7 Å². The lowest BCUT2D eigenvalue weighted by Gasteiger charge is -2.06. The lowest BCUT2D eigenvalue weighted by atomic mass is 10.1. The van der Waals surface area contributed by atoms with Gasteiger partial charge in [0.2, 0.25) is 0 Å². The Labute approximate surface area is 122 Å². The third-order valence-corrected chi connectivity index (χ3v) is 2.84. The van der Waals surface area contributed by atoms with Crippen molar-refractivity contribution >= 4 is 23.6 Å². The maximum atomic E-state index is 12.2. The SMILES string of the molecule is Cc1cccc(NC(=O)c2cccc(/C=C/C(=O)O)c2)c1. The van der Waals surface area contributed by atoms with Crippen molar-refractivity contribution in [1.82, 2.24) is 0 Å². The van der Waals surface area contributed by atoms with E-state index in [2.05, 4.69) is 5.32 Å². The summed E-state index contributed by atoms with van der Waals surface area (Å²) in [6.07, 6.45) is 2.49. The van der Waals surface area contributed by atoms with E-state index in [1.54, 1.807) is 24.3 Å². The van der Waals surface area contributed by atoms with E-state index < -0.39 is 5.97 Å². The molecule has 0 heterocycles. The van der Waals surface area contributed by atoms with Crippen molar-refractivity contribution in [3.8, 4) is 0 Å². The average molecular weight is 281 g/mol. The molecule has 0 aromatic heterocycles. The summed E-state index contributed by atoms with van der Waals surface area (Å²) in [6, 6.07) is 14.3. The first kappa shape index (κ1) is 14.5. The molecule has 0 aliphatic heterocycles. The lowest BCUT2D eigenvalue weighted by Crippen LogP contribution is -2.11. The van der Waals surface area contributed by atoms with Crippen LogP contribution in [0.15, 0.2) is 54.6 Å². The summed E-state index contributed by atoms with van der Waals surface area (Å²) in [5.74, 6) is -1.25. The number of anilines is 1. The Kier molecular flexibility index (Phi) is 4.51. The molecule has 0 saturated carbocycles. The first-order chi connectivity index (χ1) is 10.0. The molecule has 21 heavy (non-hydrogen) atoms. The number of rotatable bonds is 4. The molecule has 0 aliphatic rings. The number of hydrogen-bond donors (Lipinski definition) is 2. The normalized spacial score (nSPS) is 10.5. The Bertz CT molecular complexity index is 705. The number of carbonyl (C=O) groups excluding carboxylic acids is 1. The zero-order valence-electron chi connectivity index (χ0n) is 11.5. The number of benzene rings is 2. The minimum atomic E-state index is -1.02. The van der Waals surface area contributed by atoms with Gasteiger partial charge in [-0.15, -0.1) is 0 Å². The zero-order chi connectivity index (χ0) is 15.2. The van der Waals surface area contributed by atoms with Gasteiger partial charge in [0.15, 0.2) is 0 Å². The van der Waals surface area contributed by atoms with Crippen molar-refractivity contribution in [3.63, 3.8) is 0 Å². The second-order valence-corrected chi connectivity index (χ2v) is 4.62. The maximum Gasteiger partial charge on any atom is 0.328 e. The summed E-state index contributed by atoms with van der Waals surface area (Å²) < 4.78 is 0. The molecule has 2 aromatic carbocycles. The van der Waals surface area contributed by atoms with Crippen molar-refractivity contribution in [2.45, 2.75) is 6.92 Å². The first-order valence-electron chi connectivity index (χ1n) is 6.44. The monoisotopic (exact) mass is 281 g/mol. The van der Waals surface area contributed by atoms with Crippen molar-refractivity contribution in [2.24, 2.45) is 0 Å². The van der Waals surface area contributed by atoms with Gasteiger partial charge >= 0.3 is 5.97 Å². The van der Waals surface area contributed by atoms with Crippen LogP contribution in [-0.4, -0.2) is 17.0 Å². The highest BCUT2D eigenvalue weighted by Crippen LogP contribution is 2.13. The van der Waals surface area contributed by atoms with Crippen LogP contribution in [0.1, 0.15) is 21.5 Å². The van der Waals surface area contributed by atoms with E-state index in [9.17, 15) is 9.59 Å². The minimum absolute atomic E-state index is 0.230. The van der Waals surface area contributed by atoms with Gasteiger partial charge in [0.1, 0.15) is 0 Å². The quantitative estimate of drug-likeness (QED) is 0.845. The van der Waals surface area contributed by atoms with Crippen LogP contribution in [0.5, 0.6) is 0 Å². The summed E-state index contributed by atoms with van der Waals surface area (Å²) in [7, 11) is 0. The van der Waals surface area contributed by atoms with Crippen LogP contribution < -0.4 is 5.32 Å². The molecule has 106 valence electrons. The molecule has 2 aromatic rings. The minimum Gasteiger partial charge on any atom is -0.478 e. The summed E-state index contributed by atoms with van der Waals surface area (Å²) in [5, 5.41) is 11.4. The molecule has 1 amide bonds. The van der Waals surface area contributed by atoms with Crippen LogP contribution in [-0.2, 0) is 4.79 Å². The van der Waals surface area contributed by atoms with Crippen LogP contribution in [0, 0.1) is 6.92 Å². The molecule has 0 bridgehead atoms. The molecular weight excluding hydrogens is 266 g/mol. The molecule has 0 spiro atoms. The van der Waals surface area contributed by atoms with Crippen LogP contribution in [0.25, 0.3) is 6.08 Å². The first-order valence-corrected chi connectivity index (χ1v) is 6.44. The van der Waals surface area contributed by atoms with Gasteiger partial charge in [-0.2, -0.15) is 0 Å². The number of amides is 1. The summed E-state index contributed by atoms with van der Waals surface area (Å²) >= 11 is 0. The number of aliphatic carboxylic acids is 1. The highest BCUT2D eigenvalue weighted by Gasteiger charge is 2.06. The van der Waals surface area contributed by atoms with Gasteiger partial charge < -0.3 is 10.4 Å². The van der Waals surface area contributed by atoms with Gasteiger partial charge in [-0.05, 0) is 48.4 Å². The fourth-order valence-electron chi connectivity index (χ4n) is 1.88. The average Bonchev–Trinajstić information content (AvgIpc) is 2.45. The largest absolute Gasteiger partial charge is 0.478 e. The van der Waals surface area contributed by atoms with Gasteiger partial charge in [0, 0.05) is 17.3 Å². The third-order valence-electron chi connectivity index (χ3n) is 2.84.